The minimum atomic E-state index is -0.0563. The minimum absolute atomic E-state index is 0.0563. The monoisotopic (exact) mass is 347 g/mol. The third-order valence-corrected chi connectivity index (χ3v) is 4.94. The van der Waals surface area contributed by atoms with E-state index < -0.39 is 0 Å². The Morgan fingerprint density at radius 3 is 2.85 bits per heavy atom. The second-order valence-corrected chi connectivity index (χ2v) is 6.76. The summed E-state index contributed by atoms with van der Waals surface area (Å²) in [4.78, 5) is 14.6. The van der Waals surface area contributed by atoms with Crippen LogP contribution in [0.1, 0.15) is 40.5 Å². The maximum absolute atomic E-state index is 12.7. The van der Waals surface area contributed by atoms with Crippen molar-refractivity contribution in [2.45, 2.75) is 25.7 Å². The molecule has 26 heavy (non-hydrogen) atoms. The van der Waals surface area contributed by atoms with E-state index in [4.69, 9.17) is 0 Å². The van der Waals surface area contributed by atoms with Crippen LogP contribution in [0.25, 0.3) is 11.1 Å². The van der Waals surface area contributed by atoms with Crippen molar-refractivity contribution in [3.05, 3.63) is 65.7 Å². The molecule has 0 spiro atoms. The lowest BCUT2D eigenvalue weighted by molar-refractivity contribution is 0.0699. The third-order valence-electron chi connectivity index (χ3n) is 4.94. The van der Waals surface area contributed by atoms with Gasteiger partial charge in [-0.1, -0.05) is 29.8 Å². The maximum Gasteiger partial charge on any atom is 0.274 e. The number of aromatic nitrogens is 4. The predicted molar refractivity (Wildman–Crippen MR) is 98.7 cm³/mol. The molecule has 0 unspecified atom stereocenters. The number of hydrogen-bond donors (Lipinski definition) is 1. The Bertz CT molecular complexity index is 888. The molecule has 1 aliphatic rings. The van der Waals surface area contributed by atoms with Crippen molar-refractivity contribution < 1.29 is 4.79 Å². The summed E-state index contributed by atoms with van der Waals surface area (Å²) in [6.07, 6.45) is 5.45. The van der Waals surface area contributed by atoms with Gasteiger partial charge in [0.1, 0.15) is 0 Å². The zero-order chi connectivity index (χ0) is 17.9. The number of hydrogen-bond acceptors (Lipinski definition) is 4. The molecule has 0 radical (unpaired) electrons. The summed E-state index contributed by atoms with van der Waals surface area (Å²) < 4.78 is 0. The molecule has 1 amide bonds. The summed E-state index contributed by atoms with van der Waals surface area (Å²) in [5.74, 6) is 0.183. The van der Waals surface area contributed by atoms with Crippen LogP contribution in [0.15, 0.2) is 48.8 Å². The molecule has 3 aromatic rings. The van der Waals surface area contributed by atoms with E-state index in [9.17, 15) is 4.79 Å². The molecule has 4 rings (SSSR count). The summed E-state index contributed by atoms with van der Waals surface area (Å²) in [5.41, 5.74) is 5.00. The van der Waals surface area contributed by atoms with Gasteiger partial charge in [-0.3, -0.25) is 9.89 Å². The number of H-pyrrole nitrogens is 1. The highest BCUT2D eigenvalue weighted by Gasteiger charge is 2.28. The highest BCUT2D eigenvalue weighted by atomic mass is 16.2. The summed E-state index contributed by atoms with van der Waals surface area (Å²) in [7, 11) is 0. The number of aryl methyl sites for hydroxylation is 1. The van der Waals surface area contributed by atoms with Crippen LogP contribution >= 0.6 is 0 Å². The molecule has 1 fully saturated rings. The van der Waals surface area contributed by atoms with Crippen LogP contribution in [0.2, 0.25) is 0 Å². The molecule has 0 bridgehead atoms. The highest BCUT2D eigenvalue weighted by Crippen LogP contribution is 2.33. The second kappa shape index (κ2) is 7.07. The van der Waals surface area contributed by atoms with Crippen LogP contribution in [0.5, 0.6) is 0 Å². The number of carbonyl (C=O) groups is 1. The number of likely N-dealkylation sites (tertiary alicyclic amines) is 1. The molecule has 1 N–H and O–H groups in total. The average Bonchev–Trinajstić information content (AvgIpc) is 3.19. The Balaban J connectivity index is 1.57. The summed E-state index contributed by atoms with van der Waals surface area (Å²) in [5, 5.41) is 15.2. The molecule has 1 aliphatic heterocycles. The largest absolute Gasteiger partial charge is 0.337 e. The van der Waals surface area contributed by atoms with E-state index in [0.29, 0.717) is 12.2 Å². The molecule has 0 aliphatic carbocycles. The lowest BCUT2D eigenvalue weighted by Gasteiger charge is -2.32. The number of piperidine rings is 1. The van der Waals surface area contributed by atoms with E-state index >= 15 is 0 Å². The zero-order valence-corrected chi connectivity index (χ0v) is 14.7. The number of benzene rings is 1. The van der Waals surface area contributed by atoms with Crippen molar-refractivity contribution >= 4 is 5.91 Å². The predicted octanol–water partition coefficient (Wildman–Crippen LogP) is 3.19. The van der Waals surface area contributed by atoms with Crippen LogP contribution in [-0.2, 0) is 0 Å². The summed E-state index contributed by atoms with van der Waals surface area (Å²) in [6, 6.07) is 11.9. The molecule has 2 aromatic heterocycles. The molecular weight excluding hydrogens is 326 g/mol. The maximum atomic E-state index is 12.7. The molecule has 6 heteroatoms. The summed E-state index contributed by atoms with van der Waals surface area (Å²) in [6.45, 7) is 3.49. The molecule has 6 nitrogen and oxygen atoms in total. The Labute approximate surface area is 152 Å². The number of carbonyl (C=O) groups excluding carboxylic acids is 1. The topological polar surface area (TPSA) is 74.8 Å². The van der Waals surface area contributed by atoms with Crippen molar-refractivity contribution in [1.29, 1.82) is 0 Å². The van der Waals surface area contributed by atoms with Gasteiger partial charge in [0.25, 0.3) is 5.91 Å². The van der Waals surface area contributed by atoms with Gasteiger partial charge in [-0.05, 0) is 37.5 Å². The van der Waals surface area contributed by atoms with Gasteiger partial charge >= 0.3 is 0 Å². The van der Waals surface area contributed by atoms with Gasteiger partial charge in [0.05, 0.1) is 6.20 Å². The number of nitrogens with zero attached hydrogens (tertiary/aromatic N) is 4. The Kier molecular flexibility index (Phi) is 4.48. The van der Waals surface area contributed by atoms with Gasteiger partial charge in [0.15, 0.2) is 5.69 Å². The number of amides is 1. The lowest BCUT2D eigenvalue weighted by Crippen LogP contribution is -2.39. The van der Waals surface area contributed by atoms with Crippen LogP contribution in [0.3, 0.4) is 0 Å². The Morgan fingerprint density at radius 2 is 2.08 bits per heavy atom. The first-order chi connectivity index (χ1) is 12.7. The second-order valence-electron chi connectivity index (χ2n) is 6.76. The van der Waals surface area contributed by atoms with Gasteiger partial charge in [-0.25, -0.2) is 0 Å². The number of nitrogens with one attached hydrogen (secondary N) is 1. The fourth-order valence-corrected chi connectivity index (χ4v) is 3.55. The van der Waals surface area contributed by atoms with Crippen LogP contribution in [0, 0.1) is 6.92 Å². The van der Waals surface area contributed by atoms with Gasteiger partial charge in [0.2, 0.25) is 0 Å². The fourth-order valence-electron chi connectivity index (χ4n) is 3.55. The lowest BCUT2D eigenvalue weighted by atomic mass is 9.90. The molecule has 1 atom stereocenters. The van der Waals surface area contributed by atoms with E-state index in [1.54, 1.807) is 18.3 Å². The molecule has 3 heterocycles. The van der Waals surface area contributed by atoms with Crippen molar-refractivity contribution in [3.8, 4) is 11.1 Å². The summed E-state index contributed by atoms with van der Waals surface area (Å²) >= 11 is 0. The van der Waals surface area contributed by atoms with Crippen molar-refractivity contribution in [1.82, 2.24) is 25.3 Å². The van der Waals surface area contributed by atoms with E-state index in [1.165, 1.54) is 5.56 Å². The van der Waals surface area contributed by atoms with Crippen LogP contribution in [0.4, 0.5) is 0 Å². The van der Waals surface area contributed by atoms with Crippen LogP contribution in [-0.4, -0.2) is 44.3 Å². The van der Waals surface area contributed by atoms with Gasteiger partial charge in [-0.15, -0.1) is 5.10 Å². The Morgan fingerprint density at radius 1 is 1.23 bits per heavy atom. The normalized spacial score (nSPS) is 17.3. The third kappa shape index (κ3) is 3.22. The van der Waals surface area contributed by atoms with Gasteiger partial charge in [0, 0.05) is 36.5 Å². The van der Waals surface area contributed by atoms with Crippen molar-refractivity contribution in [3.63, 3.8) is 0 Å². The van der Waals surface area contributed by atoms with Crippen molar-refractivity contribution in [2.75, 3.05) is 13.1 Å². The van der Waals surface area contributed by atoms with Crippen LogP contribution < -0.4 is 0 Å². The fraction of sp³-hybridized carbons (Fsp3) is 0.300. The van der Waals surface area contributed by atoms with Gasteiger partial charge < -0.3 is 4.90 Å². The van der Waals surface area contributed by atoms with Gasteiger partial charge in [-0.2, -0.15) is 10.2 Å². The molecule has 1 saturated heterocycles. The number of rotatable bonds is 3. The minimum Gasteiger partial charge on any atom is -0.337 e. The first-order valence-electron chi connectivity index (χ1n) is 8.89. The smallest absolute Gasteiger partial charge is 0.274 e. The van der Waals surface area contributed by atoms with E-state index in [2.05, 4.69) is 51.6 Å². The molecular formula is C20H21N5O. The first-order valence-corrected chi connectivity index (χ1v) is 8.89. The first kappa shape index (κ1) is 16.4. The molecule has 0 saturated carbocycles. The quantitative estimate of drug-likeness (QED) is 0.789. The number of aromatic amines is 1. The van der Waals surface area contributed by atoms with E-state index in [-0.39, 0.29) is 11.8 Å². The van der Waals surface area contributed by atoms with E-state index in [0.717, 1.165) is 36.2 Å². The molecule has 1 aromatic carbocycles. The van der Waals surface area contributed by atoms with Crippen molar-refractivity contribution in [2.24, 2.45) is 0 Å². The average molecular weight is 347 g/mol. The Hall–Kier alpha value is -3.02. The molecule has 132 valence electrons. The van der Waals surface area contributed by atoms with E-state index in [1.807, 2.05) is 11.1 Å². The zero-order valence-electron chi connectivity index (χ0n) is 14.7. The SMILES string of the molecule is Cc1ccc(-c2cn[nH]c2[C@@H]2CCCN(C(=O)c3cccnn3)C2)cc1. The standard InChI is InChI=1S/C20H21N5O/c1-14-6-8-15(9-7-14)17-12-22-24-19(17)16-4-3-11-25(13-16)20(26)18-5-2-10-21-23-18/h2,5-10,12,16H,3-4,11,13H2,1H3,(H,22,24)/t16-/m1/s1. The highest BCUT2D eigenvalue weighted by molar-refractivity contribution is 5.92.